The van der Waals surface area contributed by atoms with Crippen LogP contribution < -0.4 is 4.74 Å². The fraction of sp³-hybridized carbons (Fsp3) is 0.250. The summed E-state index contributed by atoms with van der Waals surface area (Å²) in [6, 6.07) is 11.0. The first kappa shape index (κ1) is 15.9. The summed E-state index contributed by atoms with van der Waals surface area (Å²) >= 11 is 0. The predicted octanol–water partition coefficient (Wildman–Crippen LogP) is 4.12. The van der Waals surface area contributed by atoms with Crippen LogP contribution in [0.5, 0.6) is 5.75 Å². The molecule has 2 aromatic carbocycles. The highest BCUT2D eigenvalue weighted by Gasteiger charge is 2.13. The standard InChI is InChI=1S/C16H17ClO3S/c1-11-4-5-12(2)14(8-11)10-20-15-6-7-16(13(3)9-15)21(17,18)19/h4-9H,10H2,1-3H3. The van der Waals surface area contributed by atoms with Crippen LogP contribution in [0.2, 0.25) is 0 Å². The third-order valence-electron chi connectivity index (χ3n) is 3.31. The summed E-state index contributed by atoms with van der Waals surface area (Å²) in [5.74, 6) is 0.623. The van der Waals surface area contributed by atoms with Gasteiger partial charge in [-0.15, -0.1) is 0 Å². The molecule has 0 aliphatic carbocycles. The first-order chi connectivity index (χ1) is 9.77. The summed E-state index contributed by atoms with van der Waals surface area (Å²) in [7, 11) is 1.65. The molecule has 0 radical (unpaired) electrons. The van der Waals surface area contributed by atoms with Gasteiger partial charge in [-0.25, -0.2) is 8.42 Å². The fourth-order valence-electron chi connectivity index (χ4n) is 2.10. The van der Waals surface area contributed by atoms with Gasteiger partial charge in [0.1, 0.15) is 12.4 Å². The van der Waals surface area contributed by atoms with Crippen LogP contribution in [-0.2, 0) is 15.7 Å². The molecule has 2 rings (SSSR count). The van der Waals surface area contributed by atoms with Gasteiger partial charge in [0.25, 0.3) is 9.05 Å². The minimum absolute atomic E-state index is 0.114. The van der Waals surface area contributed by atoms with Gasteiger partial charge < -0.3 is 4.74 Å². The van der Waals surface area contributed by atoms with Gasteiger partial charge >= 0.3 is 0 Å². The molecule has 21 heavy (non-hydrogen) atoms. The van der Waals surface area contributed by atoms with Crippen molar-refractivity contribution in [2.24, 2.45) is 0 Å². The van der Waals surface area contributed by atoms with Crippen LogP contribution in [0.1, 0.15) is 22.3 Å². The average Bonchev–Trinajstić information content (AvgIpc) is 2.38. The van der Waals surface area contributed by atoms with E-state index in [2.05, 4.69) is 18.2 Å². The van der Waals surface area contributed by atoms with Gasteiger partial charge in [-0.1, -0.05) is 23.8 Å². The summed E-state index contributed by atoms with van der Waals surface area (Å²) in [6.07, 6.45) is 0. The Morgan fingerprint density at radius 2 is 1.71 bits per heavy atom. The highest BCUT2D eigenvalue weighted by atomic mass is 35.7. The van der Waals surface area contributed by atoms with Crippen LogP contribution in [0.25, 0.3) is 0 Å². The molecule has 0 aliphatic heterocycles. The van der Waals surface area contributed by atoms with Crippen LogP contribution in [0, 0.1) is 20.8 Å². The molecule has 0 saturated heterocycles. The smallest absolute Gasteiger partial charge is 0.261 e. The molecule has 5 heteroatoms. The monoisotopic (exact) mass is 324 g/mol. The second-order valence-electron chi connectivity index (χ2n) is 5.08. The maximum Gasteiger partial charge on any atom is 0.261 e. The lowest BCUT2D eigenvalue weighted by Crippen LogP contribution is -2.00. The zero-order chi connectivity index (χ0) is 15.6. The molecule has 0 unspecified atom stereocenters. The van der Waals surface area contributed by atoms with Gasteiger partial charge in [0.05, 0.1) is 4.90 Å². The number of benzene rings is 2. The van der Waals surface area contributed by atoms with E-state index in [-0.39, 0.29) is 4.90 Å². The van der Waals surface area contributed by atoms with E-state index in [1.807, 2.05) is 13.8 Å². The largest absolute Gasteiger partial charge is 0.489 e. The SMILES string of the molecule is Cc1ccc(C)c(COc2ccc(S(=O)(=O)Cl)c(C)c2)c1. The molecule has 0 spiro atoms. The van der Waals surface area contributed by atoms with E-state index in [4.69, 9.17) is 15.4 Å². The van der Waals surface area contributed by atoms with Gasteiger partial charge in [-0.3, -0.25) is 0 Å². The average molecular weight is 325 g/mol. The molecule has 0 atom stereocenters. The van der Waals surface area contributed by atoms with Crippen LogP contribution >= 0.6 is 10.7 Å². The Kier molecular flexibility index (Phi) is 4.59. The minimum atomic E-state index is -3.71. The van der Waals surface area contributed by atoms with E-state index in [0.717, 1.165) is 11.1 Å². The molecule has 3 nitrogen and oxygen atoms in total. The molecular formula is C16H17ClO3S. The van der Waals surface area contributed by atoms with Gasteiger partial charge in [-0.2, -0.15) is 0 Å². The third kappa shape index (κ3) is 3.99. The van der Waals surface area contributed by atoms with Crippen LogP contribution in [0.3, 0.4) is 0 Å². The Morgan fingerprint density at radius 3 is 2.33 bits per heavy atom. The summed E-state index contributed by atoms with van der Waals surface area (Å²) in [5.41, 5.74) is 4.03. The maximum absolute atomic E-state index is 11.4. The summed E-state index contributed by atoms with van der Waals surface area (Å²) < 4.78 is 28.4. The lowest BCUT2D eigenvalue weighted by atomic mass is 10.1. The van der Waals surface area contributed by atoms with E-state index in [1.54, 1.807) is 19.1 Å². The van der Waals surface area contributed by atoms with Crippen molar-refractivity contribution in [1.29, 1.82) is 0 Å². The molecule has 0 aromatic heterocycles. The third-order valence-corrected chi connectivity index (χ3v) is 4.79. The summed E-state index contributed by atoms with van der Waals surface area (Å²) in [5, 5.41) is 0. The van der Waals surface area contributed by atoms with E-state index in [9.17, 15) is 8.42 Å². The second-order valence-corrected chi connectivity index (χ2v) is 7.62. The Labute approximate surface area is 129 Å². The summed E-state index contributed by atoms with van der Waals surface area (Å²) in [4.78, 5) is 0.114. The van der Waals surface area contributed by atoms with Crippen molar-refractivity contribution < 1.29 is 13.2 Å². The topological polar surface area (TPSA) is 43.4 Å². The van der Waals surface area contributed by atoms with Crippen molar-refractivity contribution in [2.75, 3.05) is 0 Å². The van der Waals surface area contributed by atoms with Crippen molar-refractivity contribution >= 4 is 19.7 Å². The Balaban J connectivity index is 2.18. The molecular weight excluding hydrogens is 308 g/mol. The number of hydrogen-bond donors (Lipinski definition) is 0. The Hall–Kier alpha value is -1.52. The molecule has 0 amide bonds. The number of hydrogen-bond acceptors (Lipinski definition) is 3. The number of ether oxygens (including phenoxy) is 1. The highest BCUT2D eigenvalue weighted by Crippen LogP contribution is 2.24. The Morgan fingerprint density at radius 1 is 1.00 bits per heavy atom. The van der Waals surface area contributed by atoms with Crippen molar-refractivity contribution in [3.05, 3.63) is 58.7 Å². The van der Waals surface area contributed by atoms with Gasteiger partial charge in [-0.05, 0) is 55.7 Å². The fourth-order valence-corrected chi connectivity index (χ4v) is 3.30. The van der Waals surface area contributed by atoms with Gasteiger partial charge in [0.2, 0.25) is 0 Å². The van der Waals surface area contributed by atoms with E-state index >= 15 is 0 Å². The maximum atomic E-state index is 11.4. The zero-order valence-corrected chi connectivity index (χ0v) is 13.8. The number of halogens is 1. The van der Waals surface area contributed by atoms with Crippen LogP contribution in [0.4, 0.5) is 0 Å². The molecule has 0 heterocycles. The lowest BCUT2D eigenvalue weighted by Gasteiger charge is -2.11. The van der Waals surface area contributed by atoms with Gasteiger partial charge in [0, 0.05) is 10.7 Å². The summed E-state index contributed by atoms with van der Waals surface area (Å²) in [6.45, 7) is 6.21. The number of rotatable bonds is 4. The Bertz CT molecular complexity index is 767. The quantitative estimate of drug-likeness (QED) is 0.795. The molecule has 0 N–H and O–H groups in total. The molecule has 0 fully saturated rings. The normalized spacial score (nSPS) is 11.4. The first-order valence-electron chi connectivity index (χ1n) is 6.51. The van der Waals surface area contributed by atoms with Crippen molar-refractivity contribution in [1.82, 2.24) is 0 Å². The molecule has 0 bridgehead atoms. The molecule has 0 saturated carbocycles. The van der Waals surface area contributed by atoms with Crippen LogP contribution in [-0.4, -0.2) is 8.42 Å². The van der Waals surface area contributed by atoms with Crippen LogP contribution in [0.15, 0.2) is 41.3 Å². The number of aryl methyl sites for hydroxylation is 3. The van der Waals surface area contributed by atoms with Crippen molar-refractivity contribution in [2.45, 2.75) is 32.3 Å². The van der Waals surface area contributed by atoms with Gasteiger partial charge in [0.15, 0.2) is 0 Å². The molecule has 2 aromatic rings. The molecule has 0 aliphatic rings. The van der Waals surface area contributed by atoms with E-state index in [0.29, 0.717) is 17.9 Å². The minimum Gasteiger partial charge on any atom is -0.489 e. The van der Waals surface area contributed by atoms with Crippen molar-refractivity contribution in [3.63, 3.8) is 0 Å². The van der Waals surface area contributed by atoms with Crippen molar-refractivity contribution in [3.8, 4) is 5.75 Å². The van der Waals surface area contributed by atoms with E-state index in [1.165, 1.54) is 11.6 Å². The highest BCUT2D eigenvalue weighted by molar-refractivity contribution is 8.13. The predicted molar refractivity (Wildman–Crippen MR) is 84.5 cm³/mol. The second kappa shape index (κ2) is 6.08. The molecule has 112 valence electrons. The first-order valence-corrected chi connectivity index (χ1v) is 8.82. The van der Waals surface area contributed by atoms with E-state index < -0.39 is 9.05 Å². The zero-order valence-electron chi connectivity index (χ0n) is 12.2. The lowest BCUT2D eigenvalue weighted by molar-refractivity contribution is 0.305.